The number of esters is 1. The lowest BCUT2D eigenvalue weighted by Gasteiger charge is -2.28. The average Bonchev–Trinajstić information content (AvgIpc) is 2.49. The number of nitrogens with one attached hydrogen (secondary N) is 1. The van der Waals surface area contributed by atoms with Crippen molar-refractivity contribution in [2.24, 2.45) is 4.99 Å². The van der Waals surface area contributed by atoms with Gasteiger partial charge in [0.15, 0.2) is 0 Å². The molecule has 1 aromatic rings. The van der Waals surface area contributed by atoms with Crippen LogP contribution in [0.25, 0.3) is 0 Å². The molecule has 1 N–H and O–H groups in total. The Kier molecular flexibility index (Phi) is 8.03. The zero-order valence-electron chi connectivity index (χ0n) is 18.3. The first-order valence-corrected chi connectivity index (χ1v) is 9.57. The fraction of sp³-hybridized carbons (Fsp3) is 0.636. The van der Waals surface area contributed by atoms with Crippen LogP contribution in [-0.2, 0) is 14.3 Å². The van der Waals surface area contributed by atoms with E-state index in [-0.39, 0.29) is 18.4 Å². The van der Waals surface area contributed by atoms with Crippen molar-refractivity contribution in [3.63, 3.8) is 0 Å². The van der Waals surface area contributed by atoms with Crippen LogP contribution in [0, 0.1) is 0 Å². The van der Waals surface area contributed by atoms with Crippen molar-refractivity contribution in [3.05, 3.63) is 29.8 Å². The van der Waals surface area contributed by atoms with E-state index in [4.69, 9.17) is 9.47 Å². The molecule has 27 heavy (non-hydrogen) atoms. The quantitative estimate of drug-likeness (QED) is 0.432. The van der Waals surface area contributed by atoms with E-state index in [1.165, 1.54) is 5.56 Å². The molecule has 0 spiro atoms. The van der Waals surface area contributed by atoms with Crippen LogP contribution >= 0.6 is 0 Å². The highest BCUT2D eigenvalue weighted by Crippen LogP contribution is 2.21. The molecule has 0 saturated heterocycles. The summed E-state index contributed by atoms with van der Waals surface area (Å²) in [5.41, 5.74) is 1.10. The van der Waals surface area contributed by atoms with Crippen molar-refractivity contribution in [3.8, 4) is 0 Å². The maximum Gasteiger partial charge on any atom is 0.308 e. The Labute approximate surface area is 164 Å². The Bertz CT molecular complexity index is 635. The number of carbonyl (C=O) groups is 1. The van der Waals surface area contributed by atoms with Gasteiger partial charge in [-0.2, -0.15) is 0 Å². The van der Waals surface area contributed by atoms with Crippen molar-refractivity contribution in [2.75, 3.05) is 7.05 Å². The van der Waals surface area contributed by atoms with E-state index >= 15 is 0 Å². The predicted octanol–water partition coefficient (Wildman–Crippen LogP) is 4.97. The van der Waals surface area contributed by atoms with E-state index in [0.717, 1.165) is 5.69 Å². The summed E-state index contributed by atoms with van der Waals surface area (Å²) < 4.78 is 11.5. The summed E-state index contributed by atoms with van der Waals surface area (Å²) in [5.74, 6) is 0.654. The van der Waals surface area contributed by atoms with Crippen molar-refractivity contribution in [1.29, 1.82) is 0 Å². The van der Waals surface area contributed by atoms with Gasteiger partial charge < -0.3 is 14.8 Å². The number of rotatable bonds is 6. The summed E-state index contributed by atoms with van der Waals surface area (Å²) in [5, 5.41) is 3.13. The van der Waals surface area contributed by atoms with Gasteiger partial charge in [-0.15, -0.1) is 0 Å². The maximum absolute atomic E-state index is 12.3. The van der Waals surface area contributed by atoms with Crippen molar-refractivity contribution < 1.29 is 14.3 Å². The number of carbonyl (C=O) groups excluding carboxylic acids is 1. The van der Waals surface area contributed by atoms with Gasteiger partial charge >= 0.3 is 5.97 Å². The first-order chi connectivity index (χ1) is 12.3. The van der Waals surface area contributed by atoms with Crippen molar-refractivity contribution >= 4 is 17.6 Å². The van der Waals surface area contributed by atoms with Crippen LogP contribution in [0.2, 0.25) is 0 Å². The zero-order valence-corrected chi connectivity index (χ0v) is 18.3. The average molecular weight is 377 g/mol. The second kappa shape index (κ2) is 9.36. The second-order valence-electron chi connectivity index (χ2n) is 9.04. The third-order valence-electron chi connectivity index (χ3n) is 3.65. The molecule has 1 unspecified atom stereocenters. The molecular formula is C22H36N2O3. The molecule has 5 heteroatoms. The molecule has 1 rings (SSSR count). The van der Waals surface area contributed by atoms with Gasteiger partial charge in [0, 0.05) is 0 Å². The van der Waals surface area contributed by atoms with Crippen LogP contribution in [0.4, 0.5) is 5.69 Å². The Hall–Kier alpha value is -1.88. The number of nitrogens with zero attached hydrogens (tertiary/aromatic N) is 1. The third-order valence-corrected chi connectivity index (χ3v) is 3.65. The van der Waals surface area contributed by atoms with Crippen LogP contribution in [0.3, 0.4) is 0 Å². The van der Waals surface area contributed by atoms with Crippen LogP contribution in [0.5, 0.6) is 0 Å². The highest BCUT2D eigenvalue weighted by Gasteiger charge is 2.27. The summed E-state index contributed by atoms with van der Waals surface area (Å²) >= 11 is 0. The number of benzene rings is 1. The van der Waals surface area contributed by atoms with E-state index in [2.05, 4.69) is 36.3 Å². The molecule has 0 aliphatic heterocycles. The van der Waals surface area contributed by atoms with Gasteiger partial charge in [0.2, 0.25) is 5.90 Å². The Morgan fingerprint density at radius 1 is 1.00 bits per heavy atom. The largest absolute Gasteiger partial charge is 0.474 e. The number of ether oxygens (including phenoxy) is 2. The Morgan fingerprint density at radius 2 is 1.52 bits per heavy atom. The molecule has 152 valence electrons. The Balaban J connectivity index is 3.11. The van der Waals surface area contributed by atoms with E-state index in [9.17, 15) is 4.79 Å². The maximum atomic E-state index is 12.3. The van der Waals surface area contributed by atoms with Gasteiger partial charge in [0.25, 0.3) is 0 Å². The Morgan fingerprint density at radius 3 is 1.93 bits per heavy atom. The van der Waals surface area contributed by atoms with Gasteiger partial charge in [-0.05, 0) is 72.2 Å². The molecule has 5 nitrogen and oxygen atoms in total. The minimum atomic E-state index is -0.524. The normalized spacial score (nSPS) is 14.2. The minimum absolute atomic E-state index is 0.146. The zero-order chi connectivity index (χ0) is 20.8. The van der Waals surface area contributed by atoms with Gasteiger partial charge in [0.1, 0.15) is 11.2 Å². The fourth-order valence-electron chi connectivity index (χ4n) is 2.41. The number of likely N-dealkylation sites (N-methyl/N-ethyl adjacent to an activating group) is 1. The molecule has 0 aromatic heterocycles. The van der Waals surface area contributed by atoms with Crippen LogP contribution in [-0.4, -0.2) is 36.2 Å². The lowest BCUT2D eigenvalue weighted by Crippen LogP contribution is -2.42. The summed E-state index contributed by atoms with van der Waals surface area (Å²) in [7, 11) is 1.79. The molecular weight excluding hydrogens is 340 g/mol. The molecule has 0 aliphatic carbocycles. The molecule has 0 radical (unpaired) electrons. The SMILES string of the molecule is CNC(CC(=O)OC(C)(C)C)C(=Nc1ccc(C(C)C)cc1)OC(C)(C)C. The van der Waals surface area contributed by atoms with Gasteiger partial charge in [-0.25, -0.2) is 4.99 Å². The number of aliphatic imine (C=N–C) groups is 1. The lowest BCUT2D eigenvalue weighted by atomic mass is 10.0. The van der Waals surface area contributed by atoms with E-state index < -0.39 is 11.2 Å². The first-order valence-electron chi connectivity index (χ1n) is 9.57. The standard InChI is InChI=1S/C22H36N2O3/c1-15(2)16-10-12-17(13-11-16)24-20(27-22(6,7)8)18(23-9)14-19(25)26-21(3,4)5/h10-13,15,18,23H,14H2,1-9H3. The molecule has 1 atom stereocenters. The summed E-state index contributed by atoms with van der Waals surface area (Å²) in [6, 6.07) is 7.72. The van der Waals surface area contributed by atoms with E-state index in [0.29, 0.717) is 11.8 Å². The molecule has 0 heterocycles. The van der Waals surface area contributed by atoms with Crippen molar-refractivity contribution in [1.82, 2.24) is 5.32 Å². The second-order valence-corrected chi connectivity index (χ2v) is 9.04. The minimum Gasteiger partial charge on any atom is -0.474 e. The highest BCUT2D eigenvalue weighted by molar-refractivity contribution is 5.88. The van der Waals surface area contributed by atoms with Crippen LogP contribution in [0.1, 0.15) is 73.3 Å². The first kappa shape index (κ1) is 23.2. The topological polar surface area (TPSA) is 59.9 Å². The fourth-order valence-corrected chi connectivity index (χ4v) is 2.41. The van der Waals surface area contributed by atoms with Gasteiger partial charge in [0.05, 0.1) is 18.2 Å². The summed E-state index contributed by atoms with van der Waals surface area (Å²) in [6.45, 7) is 15.8. The molecule has 0 aliphatic rings. The van der Waals surface area contributed by atoms with Gasteiger partial charge in [-0.3, -0.25) is 4.79 Å². The molecule has 0 fully saturated rings. The smallest absolute Gasteiger partial charge is 0.308 e. The molecule has 0 amide bonds. The number of hydrogen-bond donors (Lipinski definition) is 1. The monoisotopic (exact) mass is 376 g/mol. The third kappa shape index (κ3) is 9.05. The highest BCUT2D eigenvalue weighted by atomic mass is 16.6. The van der Waals surface area contributed by atoms with Crippen LogP contribution < -0.4 is 5.32 Å². The van der Waals surface area contributed by atoms with Crippen LogP contribution in [0.15, 0.2) is 29.3 Å². The number of hydrogen-bond acceptors (Lipinski definition) is 5. The summed E-state index contributed by atoms with van der Waals surface area (Å²) in [4.78, 5) is 17.0. The molecule has 1 aromatic carbocycles. The lowest BCUT2D eigenvalue weighted by molar-refractivity contribution is -0.155. The van der Waals surface area contributed by atoms with Gasteiger partial charge in [-0.1, -0.05) is 26.0 Å². The molecule has 0 bridgehead atoms. The van der Waals surface area contributed by atoms with E-state index in [1.54, 1.807) is 7.05 Å². The predicted molar refractivity (Wildman–Crippen MR) is 112 cm³/mol. The van der Waals surface area contributed by atoms with E-state index in [1.807, 2.05) is 53.7 Å². The molecule has 0 saturated carbocycles. The van der Waals surface area contributed by atoms with Crippen molar-refractivity contribution in [2.45, 2.75) is 85.0 Å². The summed E-state index contributed by atoms with van der Waals surface area (Å²) in [6.07, 6.45) is 0.146.